The van der Waals surface area contributed by atoms with Gasteiger partial charge in [0.1, 0.15) is 23.2 Å². The van der Waals surface area contributed by atoms with Gasteiger partial charge in [0.05, 0.1) is 12.8 Å². The third-order valence-electron chi connectivity index (χ3n) is 3.76. The van der Waals surface area contributed by atoms with Crippen molar-refractivity contribution in [2.45, 2.75) is 25.7 Å². The summed E-state index contributed by atoms with van der Waals surface area (Å²) >= 11 is 0. The Balaban J connectivity index is 2.21. The summed E-state index contributed by atoms with van der Waals surface area (Å²) < 4.78 is 19.0. The first-order chi connectivity index (χ1) is 10.1. The molecule has 21 heavy (non-hydrogen) atoms. The first-order valence-electron chi connectivity index (χ1n) is 7.04. The lowest BCUT2D eigenvalue weighted by Crippen LogP contribution is -2.05. The summed E-state index contributed by atoms with van der Waals surface area (Å²) in [5, 5.41) is 3.09. The molecular weight excluding hydrogens is 269 g/mol. The van der Waals surface area contributed by atoms with Gasteiger partial charge in [-0.25, -0.2) is 14.4 Å². The van der Waals surface area contributed by atoms with Crippen LogP contribution >= 0.6 is 0 Å². The summed E-state index contributed by atoms with van der Waals surface area (Å²) in [4.78, 5) is 9.23. The SMILES string of the molecule is CNc1nc(C2CC2)nc(-c2cc(F)ccc2OC)c1C. The molecule has 1 aromatic carbocycles. The van der Waals surface area contributed by atoms with Crippen LogP contribution in [0.5, 0.6) is 5.75 Å². The second kappa shape index (κ2) is 5.31. The molecule has 5 heteroatoms. The molecule has 1 saturated carbocycles. The highest BCUT2D eigenvalue weighted by atomic mass is 19.1. The Bertz CT molecular complexity index is 683. The van der Waals surface area contributed by atoms with Crippen molar-refractivity contribution in [3.8, 4) is 17.0 Å². The first-order valence-corrected chi connectivity index (χ1v) is 7.04. The second-order valence-corrected chi connectivity index (χ2v) is 5.27. The zero-order valence-electron chi connectivity index (χ0n) is 12.4. The minimum atomic E-state index is -0.303. The number of aromatic nitrogens is 2. The second-order valence-electron chi connectivity index (χ2n) is 5.27. The Morgan fingerprint density at radius 2 is 2.05 bits per heavy atom. The van der Waals surface area contributed by atoms with E-state index in [-0.39, 0.29) is 5.82 Å². The van der Waals surface area contributed by atoms with Crippen molar-refractivity contribution in [3.63, 3.8) is 0 Å². The maximum atomic E-state index is 13.6. The van der Waals surface area contributed by atoms with E-state index in [2.05, 4.69) is 15.3 Å². The van der Waals surface area contributed by atoms with Crippen LogP contribution in [-0.2, 0) is 0 Å². The first kappa shape index (κ1) is 13.8. The van der Waals surface area contributed by atoms with Gasteiger partial charge in [0.15, 0.2) is 0 Å². The molecule has 1 aliphatic rings. The minimum Gasteiger partial charge on any atom is -0.496 e. The molecule has 3 rings (SSSR count). The number of nitrogens with zero attached hydrogens (tertiary/aromatic N) is 2. The molecule has 0 spiro atoms. The number of hydrogen-bond donors (Lipinski definition) is 1. The highest BCUT2D eigenvalue weighted by Crippen LogP contribution is 2.41. The van der Waals surface area contributed by atoms with Crippen LogP contribution < -0.4 is 10.1 Å². The number of ether oxygens (including phenoxy) is 1. The molecule has 2 aromatic rings. The summed E-state index contributed by atoms with van der Waals surface area (Å²) in [5.74, 6) is 2.35. The van der Waals surface area contributed by atoms with Crippen molar-refractivity contribution in [2.75, 3.05) is 19.5 Å². The van der Waals surface area contributed by atoms with Crippen LogP contribution in [0, 0.1) is 12.7 Å². The summed E-state index contributed by atoms with van der Waals surface area (Å²) in [6, 6.07) is 4.48. The number of anilines is 1. The van der Waals surface area contributed by atoms with Gasteiger partial charge in [-0.3, -0.25) is 0 Å². The molecule has 0 bridgehead atoms. The zero-order chi connectivity index (χ0) is 15.0. The standard InChI is InChI=1S/C16H18FN3O/c1-9-14(12-8-11(17)6-7-13(12)21-3)19-16(10-4-5-10)20-15(9)18-2/h6-8,10H,4-5H2,1-3H3,(H,18,19,20). The van der Waals surface area contributed by atoms with Crippen LogP contribution in [0.2, 0.25) is 0 Å². The van der Waals surface area contributed by atoms with E-state index in [0.29, 0.717) is 17.2 Å². The lowest BCUT2D eigenvalue weighted by Gasteiger charge is -2.14. The summed E-state index contributed by atoms with van der Waals surface area (Å²) in [6.07, 6.45) is 2.23. The van der Waals surface area contributed by atoms with Gasteiger partial charge >= 0.3 is 0 Å². The van der Waals surface area contributed by atoms with E-state index < -0.39 is 0 Å². The highest BCUT2D eigenvalue weighted by molar-refractivity contribution is 5.73. The molecule has 0 saturated heterocycles. The predicted molar refractivity (Wildman–Crippen MR) is 80.2 cm³/mol. The summed E-state index contributed by atoms with van der Waals surface area (Å²) in [6.45, 7) is 1.93. The Labute approximate surface area is 123 Å². The van der Waals surface area contributed by atoms with E-state index in [1.807, 2.05) is 14.0 Å². The molecule has 0 unspecified atom stereocenters. The number of halogens is 1. The van der Waals surface area contributed by atoms with Crippen molar-refractivity contribution in [2.24, 2.45) is 0 Å². The lowest BCUT2D eigenvalue weighted by molar-refractivity contribution is 0.415. The van der Waals surface area contributed by atoms with Crippen LogP contribution in [0.25, 0.3) is 11.3 Å². The van der Waals surface area contributed by atoms with Gasteiger partial charge in [0.25, 0.3) is 0 Å². The monoisotopic (exact) mass is 287 g/mol. The number of nitrogens with one attached hydrogen (secondary N) is 1. The van der Waals surface area contributed by atoms with Crippen molar-refractivity contribution >= 4 is 5.82 Å². The van der Waals surface area contributed by atoms with Crippen LogP contribution in [0.1, 0.15) is 30.1 Å². The molecule has 1 N–H and O–H groups in total. The van der Waals surface area contributed by atoms with Crippen LogP contribution in [0.4, 0.5) is 10.2 Å². The largest absolute Gasteiger partial charge is 0.496 e. The smallest absolute Gasteiger partial charge is 0.134 e. The normalized spacial score (nSPS) is 14.1. The topological polar surface area (TPSA) is 47.0 Å². The molecule has 1 aromatic heterocycles. The Morgan fingerprint density at radius 1 is 1.29 bits per heavy atom. The lowest BCUT2D eigenvalue weighted by atomic mass is 10.1. The van der Waals surface area contributed by atoms with Crippen LogP contribution in [0.15, 0.2) is 18.2 Å². The third-order valence-corrected chi connectivity index (χ3v) is 3.76. The van der Waals surface area contributed by atoms with Crippen molar-refractivity contribution in [3.05, 3.63) is 35.4 Å². The molecule has 110 valence electrons. The number of benzene rings is 1. The number of methoxy groups -OCH3 is 1. The maximum Gasteiger partial charge on any atom is 0.134 e. The van der Waals surface area contributed by atoms with Crippen molar-refractivity contribution in [1.82, 2.24) is 9.97 Å². The Morgan fingerprint density at radius 3 is 2.67 bits per heavy atom. The van der Waals surface area contributed by atoms with Crippen molar-refractivity contribution in [1.29, 1.82) is 0 Å². The van der Waals surface area contributed by atoms with Gasteiger partial charge in [-0.05, 0) is 38.0 Å². The van der Waals surface area contributed by atoms with Crippen molar-refractivity contribution < 1.29 is 9.13 Å². The molecule has 1 aliphatic carbocycles. The minimum absolute atomic E-state index is 0.303. The fraction of sp³-hybridized carbons (Fsp3) is 0.375. The van der Waals surface area contributed by atoms with Gasteiger partial charge in [-0.2, -0.15) is 0 Å². The molecule has 0 radical (unpaired) electrons. The fourth-order valence-electron chi connectivity index (χ4n) is 2.43. The van der Waals surface area contributed by atoms with E-state index in [0.717, 1.165) is 35.7 Å². The molecule has 1 fully saturated rings. The number of hydrogen-bond acceptors (Lipinski definition) is 4. The molecular formula is C16H18FN3O. The maximum absolute atomic E-state index is 13.6. The van der Waals surface area contributed by atoms with E-state index in [4.69, 9.17) is 4.74 Å². The summed E-state index contributed by atoms with van der Waals surface area (Å²) in [7, 11) is 3.41. The fourth-order valence-corrected chi connectivity index (χ4v) is 2.43. The predicted octanol–water partition coefficient (Wildman–Crippen LogP) is 3.52. The molecule has 0 amide bonds. The number of rotatable bonds is 4. The van der Waals surface area contributed by atoms with E-state index in [9.17, 15) is 4.39 Å². The van der Waals surface area contributed by atoms with Gasteiger partial charge in [0, 0.05) is 24.1 Å². The Kier molecular flexibility index (Phi) is 3.49. The Hall–Kier alpha value is -2.17. The quantitative estimate of drug-likeness (QED) is 0.934. The zero-order valence-corrected chi connectivity index (χ0v) is 12.4. The van der Waals surface area contributed by atoms with Gasteiger partial charge < -0.3 is 10.1 Å². The highest BCUT2D eigenvalue weighted by Gasteiger charge is 2.28. The van der Waals surface area contributed by atoms with E-state index in [1.165, 1.54) is 12.1 Å². The average Bonchev–Trinajstić information content (AvgIpc) is 3.32. The van der Waals surface area contributed by atoms with E-state index in [1.54, 1.807) is 13.2 Å². The van der Waals surface area contributed by atoms with Gasteiger partial charge in [0.2, 0.25) is 0 Å². The van der Waals surface area contributed by atoms with E-state index >= 15 is 0 Å². The molecule has 0 aliphatic heterocycles. The van der Waals surface area contributed by atoms with Crippen LogP contribution in [0.3, 0.4) is 0 Å². The molecule has 1 heterocycles. The van der Waals surface area contributed by atoms with Crippen LogP contribution in [-0.4, -0.2) is 24.1 Å². The van der Waals surface area contributed by atoms with Gasteiger partial charge in [-0.1, -0.05) is 0 Å². The third kappa shape index (κ3) is 2.55. The summed E-state index contributed by atoms with van der Waals surface area (Å²) in [5.41, 5.74) is 2.29. The molecule has 4 nitrogen and oxygen atoms in total. The molecule has 0 atom stereocenters. The van der Waals surface area contributed by atoms with Gasteiger partial charge in [-0.15, -0.1) is 0 Å². The average molecular weight is 287 g/mol.